The van der Waals surface area contributed by atoms with Crippen molar-refractivity contribution < 1.29 is 18.9 Å². The van der Waals surface area contributed by atoms with Crippen LogP contribution in [0.5, 0.6) is 11.5 Å². The molecule has 0 radical (unpaired) electrons. The minimum absolute atomic E-state index is 0.285. The molecule has 1 spiro atoms. The molecule has 4 heteroatoms. The molecule has 1 aliphatic carbocycles. The van der Waals surface area contributed by atoms with Crippen molar-refractivity contribution in [2.24, 2.45) is 0 Å². The van der Waals surface area contributed by atoms with Gasteiger partial charge in [0.15, 0.2) is 17.3 Å². The zero-order chi connectivity index (χ0) is 14.0. The van der Waals surface area contributed by atoms with Crippen molar-refractivity contribution in [3.8, 4) is 11.5 Å². The minimum Gasteiger partial charge on any atom is -0.493 e. The molecule has 1 heterocycles. The van der Waals surface area contributed by atoms with Crippen molar-refractivity contribution >= 4 is 0 Å². The molecule has 0 aromatic heterocycles. The number of methoxy groups -OCH3 is 2. The molecule has 1 aliphatic heterocycles. The fourth-order valence-electron chi connectivity index (χ4n) is 3.28. The van der Waals surface area contributed by atoms with Gasteiger partial charge in [0.25, 0.3) is 0 Å². The lowest BCUT2D eigenvalue weighted by atomic mass is 9.81. The Labute approximate surface area is 120 Å². The van der Waals surface area contributed by atoms with E-state index >= 15 is 0 Å². The number of rotatable bonds is 3. The Morgan fingerprint density at radius 2 is 1.65 bits per heavy atom. The zero-order valence-electron chi connectivity index (χ0n) is 12.2. The Morgan fingerprint density at radius 3 is 2.25 bits per heavy atom. The van der Waals surface area contributed by atoms with Gasteiger partial charge in [0.1, 0.15) is 0 Å². The number of ether oxygens (including phenoxy) is 4. The quantitative estimate of drug-likeness (QED) is 0.851. The second kappa shape index (κ2) is 5.62. The fraction of sp³-hybridized carbons (Fsp3) is 0.625. The Kier molecular flexibility index (Phi) is 3.85. The Balaban J connectivity index is 1.71. The van der Waals surface area contributed by atoms with Crippen molar-refractivity contribution in [3.63, 3.8) is 0 Å². The molecule has 4 nitrogen and oxygen atoms in total. The normalized spacial score (nSPS) is 22.1. The van der Waals surface area contributed by atoms with E-state index in [1.807, 2.05) is 6.07 Å². The van der Waals surface area contributed by atoms with Crippen LogP contribution in [-0.4, -0.2) is 33.2 Å². The summed E-state index contributed by atoms with van der Waals surface area (Å²) in [6, 6.07) is 6.22. The van der Waals surface area contributed by atoms with Gasteiger partial charge in [-0.25, -0.2) is 0 Å². The van der Waals surface area contributed by atoms with Crippen LogP contribution >= 0.6 is 0 Å². The predicted molar refractivity (Wildman–Crippen MR) is 75.4 cm³/mol. The summed E-state index contributed by atoms with van der Waals surface area (Å²) < 4.78 is 22.2. The lowest BCUT2D eigenvalue weighted by Crippen LogP contribution is -2.34. The number of hydrogen-bond acceptors (Lipinski definition) is 4. The van der Waals surface area contributed by atoms with Crippen LogP contribution in [0, 0.1) is 0 Å². The minimum atomic E-state index is -0.285. The van der Waals surface area contributed by atoms with Crippen LogP contribution in [0.4, 0.5) is 0 Å². The van der Waals surface area contributed by atoms with Gasteiger partial charge in [-0.3, -0.25) is 0 Å². The molecule has 0 unspecified atom stereocenters. The number of benzene rings is 1. The molecule has 1 saturated heterocycles. The van der Waals surface area contributed by atoms with E-state index in [0.717, 1.165) is 50.4 Å². The standard InChI is InChI=1S/C16H22O4/c1-17-14-4-3-13(11-15(14)18-2)12-5-7-16(8-6-12)19-9-10-20-16/h3-4,11-12H,5-10H2,1-2H3. The molecule has 0 atom stereocenters. The van der Waals surface area contributed by atoms with Gasteiger partial charge in [0.2, 0.25) is 0 Å². The topological polar surface area (TPSA) is 36.9 Å². The molecular formula is C16H22O4. The maximum absolute atomic E-state index is 5.78. The van der Waals surface area contributed by atoms with E-state index in [1.54, 1.807) is 14.2 Å². The first kappa shape index (κ1) is 13.7. The van der Waals surface area contributed by atoms with E-state index in [4.69, 9.17) is 18.9 Å². The van der Waals surface area contributed by atoms with Crippen molar-refractivity contribution in [1.82, 2.24) is 0 Å². The lowest BCUT2D eigenvalue weighted by molar-refractivity contribution is -0.178. The second-order valence-electron chi connectivity index (χ2n) is 5.50. The van der Waals surface area contributed by atoms with Crippen molar-refractivity contribution in [2.75, 3.05) is 27.4 Å². The SMILES string of the molecule is COc1ccc(C2CCC3(CC2)OCCO3)cc1OC. The average Bonchev–Trinajstić information content (AvgIpc) is 2.95. The second-order valence-corrected chi connectivity index (χ2v) is 5.50. The van der Waals surface area contributed by atoms with E-state index in [2.05, 4.69) is 12.1 Å². The van der Waals surface area contributed by atoms with E-state index in [9.17, 15) is 0 Å². The van der Waals surface area contributed by atoms with Gasteiger partial charge in [-0.05, 0) is 36.5 Å². The first-order chi connectivity index (χ1) is 9.76. The molecular weight excluding hydrogens is 256 g/mol. The van der Waals surface area contributed by atoms with Gasteiger partial charge in [-0.1, -0.05) is 6.07 Å². The van der Waals surface area contributed by atoms with Crippen molar-refractivity contribution in [1.29, 1.82) is 0 Å². The summed E-state index contributed by atoms with van der Waals surface area (Å²) >= 11 is 0. The Morgan fingerprint density at radius 1 is 1.00 bits per heavy atom. The van der Waals surface area contributed by atoms with Gasteiger partial charge in [-0.15, -0.1) is 0 Å². The first-order valence-corrected chi connectivity index (χ1v) is 7.26. The van der Waals surface area contributed by atoms with Crippen LogP contribution in [0.1, 0.15) is 37.2 Å². The summed E-state index contributed by atoms with van der Waals surface area (Å²) in [5, 5.41) is 0. The molecule has 3 rings (SSSR count). The Bertz CT molecular complexity index is 456. The van der Waals surface area contributed by atoms with Gasteiger partial charge in [0.05, 0.1) is 27.4 Å². The molecule has 0 N–H and O–H groups in total. The molecule has 0 bridgehead atoms. The third kappa shape index (κ3) is 2.50. The summed E-state index contributed by atoms with van der Waals surface area (Å²) in [6.45, 7) is 1.47. The molecule has 0 amide bonds. The highest BCUT2D eigenvalue weighted by Gasteiger charge is 2.40. The van der Waals surface area contributed by atoms with Gasteiger partial charge >= 0.3 is 0 Å². The molecule has 1 aromatic rings. The third-order valence-electron chi connectivity index (χ3n) is 4.44. The maximum Gasteiger partial charge on any atom is 0.168 e. The van der Waals surface area contributed by atoms with Crippen LogP contribution in [0.3, 0.4) is 0 Å². The lowest BCUT2D eigenvalue weighted by Gasteiger charge is -2.35. The predicted octanol–water partition coefficient (Wildman–Crippen LogP) is 3.10. The maximum atomic E-state index is 5.78. The smallest absolute Gasteiger partial charge is 0.168 e. The van der Waals surface area contributed by atoms with Crippen molar-refractivity contribution in [3.05, 3.63) is 23.8 Å². The van der Waals surface area contributed by atoms with Gasteiger partial charge < -0.3 is 18.9 Å². The molecule has 1 saturated carbocycles. The first-order valence-electron chi connectivity index (χ1n) is 7.26. The third-order valence-corrected chi connectivity index (χ3v) is 4.44. The zero-order valence-corrected chi connectivity index (χ0v) is 12.2. The summed E-state index contributed by atoms with van der Waals surface area (Å²) in [5.74, 6) is 1.85. The molecule has 20 heavy (non-hydrogen) atoms. The summed E-state index contributed by atoms with van der Waals surface area (Å²) in [6.07, 6.45) is 4.14. The monoisotopic (exact) mass is 278 g/mol. The number of hydrogen-bond donors (Lipinski definition) is 0. The summed E-state index contributed by atoms with van der Waals surface area (Å²) in [5.41, 5.74) is 1.32. The highest BCUT2D eigenvalue weighted by molar-refractivity contribution is 5.44. The van der Waals surface area contributed by atoms with Crippen LogP contribution in [0.2, 0.25) is 0 Å². The highest BCUT2D eigenvalue weighted by Crippen LogP contribution is 2.43. The average molecular weight is 278 g/mol. The molecule has 2 aliphatic rings. The van der Waals surface area contributed by atoms with E-state index in [-0.39, 0.29) is 5.79 Å². The van der Waals surface area contributed by atoms with Gasteiger partial charge in [-0.2, -0.15) is 0 Å². The van der Waals surface area contributed by atoms with Crippen LogP contribution < -0.4 is 9.47 Å². The van der Waals surface area contributed by atoms with E-state index in [0.29, 0.717) is 5.92 Å². The Hall–Kier alpha value is -1.26. The highest BCUT2D eigenvalue weighted by atomic mass is 16.7. The fourth-order valence-corrected chi connectivity index (χ4v) is 3.28. The van der Waals surface area contributed by atoms with Crippen LogP contribution in [0.15, 0.2) is 18.2 Å². The van der Waals surface area contributed by atoms with E-state index < -0.39 is 0 Å². The van der Waals surface area contributed by atoms with Crippen LogP contribution in [0.25, 0.3) is 0 Å². The van der Waals surface area contributed by atoms with Gasteiger partial charge in [0, 0.05) is 12.8 Å². The largest absolute Gasteiger partial charge is 0.493 e. The molecule has 1 aromatic carbocycles. The van der Waals surface area contributed by atoms with Crippen molar-refractivity contribution in [2.45, 2.75) is 37.4 Å². The molecule has 110 valence electrons. The van der Waals surface area contributed by atoms with Crippen LogP contribution in [-0.2, 0) is 9.47 Å². The molecule has 2 fully saturated rings. The summed E-state index contributed by atoms with van der Waals surface area (Å²) in [4.78, 5) is 0. The van der Waals surface area contributed by atoms with E-state index in [1.165, 1.54) is 5.56 Å². The summed E-state index contributed by atoms with van der Waals surface area (Å²) in [7, 11) is 3.34.